The number of hydrazine groups is 1. The Morgan fingerprint density at radius 3 is 2.33 bits per heavy atom. The van der Waals surface area contributed by atoms with Crippen molar-refractivity contribution in [3.8, 4) is 5.75 Å². The highest BCUT2D eigenvalue weighted by atomic mass is 32.1. The second-order valence-electron chi connectivity index (χ2n) is 5.66. The van der Waals surface area contributed by atoms with Crippen molar-refractivity contribution in [3.05, 3.63) is 66.2 Å². The molecule has 0 fully saturated rings. The largest absolute Gasteiger partial charge is 0.496 e. The van der Waals surface area contributed by atoms with Crippen LogP contribution < -0.4 is 20.9 Å². The molecule has 0 aliphatic rings. The van der Waals surface area contributed by atoms with Crippen LogP contribution in [0.15, 0.2) is 55.1 Å². The van der Waals surface area contributed by atoms with Crippen molar-refractivity contribution >= 4 is 28.7 Å². The molecule has 3 N–H and O–H groups in total. The van der Waals surface area contributed by atoms with Crippen molar-refractivity contribution in [2.45, 2.75) is 19.8 Å². The molecule has 2 rings (SSSR count). The SMILES string of the molecule is C=C(NNC(=S)Nc1ccc(C(C)C)cc1)c1ccccc1OC. The molecule has 0 saturated carbocycles. The minimum absolute atomic E-state index is 0.461. The fourth-order valence-electron chi connectivity index (χ4n) is 2.21. The van der Waals surface area contributed by atoms with Crippen molar-refractivity contribution < 1.29 is 4.74 Å². The monoisotopic (exact) mass is 341 g/mol. The van der Waals surface area contributed by atoms with Gasteiger partial charge in [0.1, 0.15) is 5.75 Å². The number of hydrogen-bond donors (Lipinski definition) is 3. The minimum atomic E-state index is 0.461. The molecule has 126 valence electrons. The highest BCUT2D eigenvalue weighted by Crippen LogP contribution is 2.22. The molecule has 0 amide bonds. The first-order chi connectivity index (χ1) is 11.5. The van der Waals surface area contributed by atoms with E-state index in [4.69, 9.17) is 17.0 Å². The number of nitrogens with one attached hydrogen (secondary N) is 3. The van der Waals surface area contributed by atoms with Gasteiger partial charge in [-0.05, 0) is 48.0 Å². The minimum Gasteiger partial charge on any atom is -0.496 e. The van der Waals surface area contributed by atoms with Crippen LogP contribution in [0, 0.1) is 0 Å². The third kappa shape index (κ3) is 4.73. The Balaban J connectivity index is 1.89. The van der Waals surface area contributed by atoms with Crippen molar-refractivity contribution in [1.29, 1.82) is 0 Å². The lowest BCUT2D eigenvalue weighted by molar-refractivity contribution is 0.413. The van der Waals surface area contributed by atoms with Crippen LogP contribution >= 0.6 is 12.2 Å². The predicted octanol–water partition coefficient (Wildman–Crippen LogP) is 4.28. The molecule has 0 aromatic heterocycles. The number of thiocarbonyl (C=S) groups is 1. The first-order valence-electron chi connectivity index (χ1n) is 7.76. The maximum absolute atomic E-state index is 5.32. The Hall–Kier alpha value is -2.53. The van der Waals surface area contributed by atoms with Gasteiger partial charge in [-0.3, -0.25) is 10.9 Å². The van der Waals surface area contributed by atoms with E-state index in [0.29, 0.717) is 16.7 Å². The highest BCUT2D eigenvalue weighted by Gasteiger charge is 2.06. The van der Waals surface area contributed by atoms with Gasteiger partial charge < -0.3 is 10.1 Å². The smallest absolute Gasteiger partial charge is 0.189 e. The summed E-state index contributed by atoms with van der Waals surface area (Å²) in [5.41, 5.74) is 9.70. The lowest BCUT2D eigenvalue weighted by Gasteiger charge is -2.16. The van der Waals surface area contributed by atoms with Crippen LogP contribution in [0.1, 0.15) is 30.9 Å². The van der Waals surface area contributed by atoms with E-state index in [1.54, 1.807) is 7.11 Å². The molecule has 0 aliphatic carbocycles. The van der Waals surface area contributed by atoms with Crippen LogP contribution in [0.2, 0.25) is 0 Å². The molecule has 0 saturated heterocycles. The number of benzene rings is 2. The van der Waals surface area contributed by atoms with Crippen LogP contribution in [0.5, 0.6) is 5.75 Å². The van der Waals surface area contributed by atoms with Gasteiger partial charge in [0.05, 0.1) is 12.8 Å². The summed E-state index contributed by atoms with van der Waals surface area (Å²) in [7, 11) is 1.63. The third-order valence-electron chi connectivity index (χ3n) is 3.59. The molecule has 5 heteroatoms. The average Bonchev–Trinajstić information content (AvgIpc) is 2.60. The number of hydrogen-bond acceptors (Lipinski definition) is 3. The van der Waals surface area contributed by atoms with Gasteiger partial charge in [-0.15, -0.1) is 0 Å². The van der Waals surface area contributed by atoms with Gasteiger partial charge in [0.25, 0.3) is 0 Å². The molecule has 0 unspecified atom stereocenters. The van der Waals surface area contributed by atoms with E-state index >= 15 is 0 Å². The van der Waals surface area contributed by atoms with Gasteiger partial charge in [0.2, 0.25) is 0 Å². The molecule has 0 atom stereocenters. The Kier molecular flexibility index (Phi) is 6.21. The summed E-state index contributed by atoms with van der Waals surface area (Å²) < 4.78 is 5.32. The maximum Gasteiger partial charge on any atom is 0.189 e. The van der Waals surface area contributed by atoms with E-state index in [0.717, 1.165) is 17.0 Å². The standard InChI is InChI=1S/C19H23N3OS/c1-13(2)15-9-11-16(12-10-15)20-19(24)22-21-14(3)17-7-5-6-8-18(17)23-4/h5-13,21H,3H2,1-2,4H3,(H2,20,22,24). The van der Waals surface area contributed by atoms with E-state index in [1.165, 1.54) is 5.56 Å². The molecule has 2 aromatic rings. The summed E-state index contributed by atoms with van der Waals surface area (Å²) in [4.78, 5) is 0. The average molecular weight is 341 g/mol. The molecule has 24 heavy (non-hydrogen) atoms. The lowest BCUT2D eigenvalue weighted by atomic mass is 10.0. The first kappa shape index (κ1) is 17.8. The number of anilines is 1. The molecule has 0 heterocycles. The Morgan fingerprint density at radius 1 is 1.04 bits per heavy atom. The molecule has 0 bridgehead atoms. The molecular weight excluding hydrogens is 318 g/mol. The fraction of sp³-hybridized carbons (Fsp3) is 0.211. The van der Waals surface area contributed by atoms with Crippen LogP contribution in [-0.4, -0.2) is 12.2 Å². The van der Waals surface area contributed by atoms with Crippen molar-refractivity contribution in [2.75, 3.05) is 12.4 Å². The number of methoxy groups -OCH3 is 1. The number of para-hydroxylation sites is 1. The van der Waals surface area contributed by atoms with Gasteiger partial charge in [0.15, 0.2) is 5.11 Å². The molecule has 0 spiro atoms. The van der Waals surface area contributed by atoms with Crippen LogP contribution in [-0.2, 0) is 0 Å². The summed E-state index contributed by atoms with van der Waals surface area (Å²) in [6.45, 7) is 8.34. The zero-order valence-electron chi connectivity index (χ0n) is 14.2. The number of rotatable bonds is 6. The number of ether oxygens (including phenoxy) is 1. The van der Waals surface area contributed by atoms with Gasteiger partial charge in [-0.1, -0.05) is 44.7 Å². The Morgan fingerprint density at radius 2 is 1.71 bits per heavy atom. The van der Waals surface area contributed by atoms with Gasteiger partial charge in [0, 0.05) is 11.3 Å². The summed E-state index contributed by atoms with van der Waals surface area (Å²) >= 11 is 5.29. The summed E-state index contributed by atoms with van der Waals surface area (Å²) in [5, 5.41) is 3.59. The predicted molar refractivity (Wildman–Crippen MR) is 105 cm³/mol. The molecular formula is C19H23N3OS. The Bertz CT molecular complexity index is 711. The fourth-order valence-corrected chi connectivity index (χ4v) is 2.38. The second kappa shape index (κ2) is 8.36. The van der Waals surface area contributed by atoms with E-state index in [2.05, 4.69) is 48.7 Å². The molecule has 4 nitrogen and oxygen atoms in total. The highest BCUT2D eigenvalue weighted by molar-refractivity contribution is 7.80. The normalized spacial score (nSPS) is 10.2. The quantitative estimate of drug-likeness (QED) is 0.541. The maximum atomic E-state index is 5.32. The van der Waals surface area contributed by atoms with E-state index in [1.807, 2.05) is 36.4 Å². The molecule has 0 aliphatic heterocycles. The summed E-state index contributed by atoms with van der Waals surface area (Å²) in [6, 6.07) is 15.9. The van der Waals surface area contributed by atoms with Crippen LogP contribution in [0.4, 0.5) is 5.69 Å². The topological polar surface area (TPSA) is 45.3 Å². The van der Waals surface area contributed by atoms with E-state index in [-0.39, 0.29) is 0 Å². The lowest BCUT2D eigenvalue weighted by Crippen LogP contribution is -2.38. The zero-order chi connectivity index (χ0) is 17.5. The Labute approximate surface area is 148 Å². The summed E-state index contributed by atoms with van der Waals surface area (Å²) in [5.74, 6) is 1.26. The zero-order valence-corrected chi connectivity index (χ0v) is 15.0. The van der Waals surface area contributed by atoms with Crippen molar-refractivity contribution in [1.82, 2.24) is 10.9 Å². The summed E-state index contributed by atoms with van der Waals surface area (Å²) in [6.07, 6.45) is 0. The second-order valence-corrected chi connectivity index (χ2v) is 6.07. The van der Waals surface area contributed by atoms with Gasteiger partial charge in [-0.25, -0.2) is 0 Å². The van der Waals surface area contributed by atoms with E-state index < -0.39 is 0 Å². The first-order valence-corrected chi connectivity index (χ1v) is 8.17. The van der Waals surface area contributed by atoms with Crippen LogP contribution in [0.3, 0.4) is 0 Å². The van der Waals surface area contributed by atoms with Crippen molar-refractivity contribution in [3.63, 3.8) is 0 Å². The van der Waals surface area contributed by atoms with Crippen LogP contribution in [0.25, 0.3) is 5.70 Å². The third-order valence-corrected chi connectivity index (χ3v) is 3.80. The van der Waals surface area contributed by atoms with Gasteiger partial charge >= 0.3 is 0 Å². The molecule has 0 radical (unpaired) electrons. The van der Waals surface area contributed by atoms with E-state index in [9.17, 15) is 0 Å². The van der Waals surface area contributed by atoms with Crippen molar-refractivity contribution in [2.24, 2.45) is 0 Å². The molecule has 2 aromatic carbocycles. The van der Waals surface area contributed by atoms with Gasteiger partial charge in [-0.2, -0.15) is 0 Å².